The van der Waals surface area contributed by atoms with Crippen molar-refractivity contribution in [2.45, 2.75) is 26.4 Å². The van der Waals surface area contributed by atoms with Gasteiger partial charge in [0.15, 0.2) is 5.43 Å². The molecule has 0 saturated heterocycles. The summed E-state index contributed by atoms with van der Waals surface area (Å²) in [4.78, 5) is 12.0. The van der Waals surface area contributed by atoms with Crippen LogP contribution in [0.25, 0.3) is 5.69 Å². The Bertz CT molecular complexity index is 681. The van der Waals surface area contributed by atoms with Gasteiger partial charge >= 0.3 is 0 Å². The number of nitrogens with zero attached hydrogens (tertiary/aromatic N) is 1. The van der Waals surface area contributed by atoms with Gasteiger partial charge in [-0.1, -0.05) is 12.1 Å². The van der Waals surface area contributed by atoms with Crippen molar-refractivity contribution >= 4 is 0 Å². The largest absolute Gasteiger partial charge is 0.495 e. The fourth-order valence-electron chi connectivity index (χ4n) is 2.18. The zero-order chi connectivity index (χ0) is 14.9. The second-order valence-corrected chi connectivity index (χ2v) is 5.29. The van der Waals surface area contributed by atoms with E-state index < -0.39 is 5.60 Å². The van der Waals surface area contributed by atoms with Gasteiger partial charge in [-0.3, -0.25) is 4.79 Å². The first kappa shape index (κ1) is 14.3. The molecule has 4 heteroatoms. The van der Waals surface area contributed by atoms with Crippen LogP contribution in [-0.4, -0.2) is 16.8 Å². The summed E-state index contributed by atoms with van der Waals surface area (Å²) in [6.45, 7) is 5.05. The summed E-state index contributed by atoms with van der Waals surface area (Å²) in [5.74, 6) is 0.709. The minimum atomic E-state index is -1.19. The monoisotopic (exact) mass is 273 g/mol. The molecule has 2 aromatic rings. The zero-order valence-corrected chi connectivity index (χ0v) is 12.2. The van der Waals surface area contributed by atoms with Gasteiger partial charge in [0.2, 0.25) is 0 Å². The minimum absolute atomic E-state index is 0.166. The number of para-hydroxylation sites is 2. The van der Waals surface area contributed by atoms with Crippen molar-refractivity contribution in [1.29, 1.82) is 0 Å². The van der Waals surface area contributed by atoms with Crippen LogP contribution >= 0.6 is 0 Å². The Balaban J connectivity index is 2.72. The lowest BCUT2D eigenvalue weighted by Gasteiger charge is -2.21. The van der Waals surface area contributed by atoms with E-state index in [0.29, 0.717) is 11.3 Å². The number of benzene rings is 1. The zero-order valence-electron chi connectivity index (χ0n) is 12.2. The normalized spacial score (nSPS) is 11.4. The molecule has 0 radical (unpaired) electrons. The van der Waals surface area contributed by atoms with Crippen LogP contribution in [0, 0.1) is 6.92 Å². The third-order valence-corrected chi connectivity index (χ3v) is 3.25. The molecule has 1 heterocycles. The molecule has 1 aromatic carbocycles. The predicted molar refractivity (Wildman–Crippen MR) is 78.6 cm³/mol. The van der Waals surface area contributed by atoms with E-state index >= 15 is 0 Å². The Morgan fingerprint density at radius 1 is 1.25 bits per heavy atom. The Morgan fingerprint density at radius 3 is 2.50 bits per heavy atom. The van der Waals surface area contributed by atoms with Crippen LogP contribution in [-0.2, 0) is 5.60 Å². The molecule has 0 aliphatic rings. The van der Waals surface area contributed by atoms with Crippen LogP contribution in [0.5, 0.6) is 5.75 Å². The number of aryl methyl sites for hydroxylation is 1. The molecule has 1 aromatic heterocycles. The number of aromatic nitrogens is 1. The van der Waals surface area contributed by atoms with Crippen LogP contribution in [0.15, 0.2) is 41.3 Å². The molecular formula is C16H19NO3. The van der Waals surface area contributed by atoms with Crippen molar-refractivity contribution in [3.8, 4) is 11.4 Å². The van der Waals surface area contributed by atoms with Gasteiger partial charge < -0.3 is 14.4 Å². The van der Waals surface area contributed by atoms with E-state index in [4.69, 9.17) is 4.74 Å². The van der Waals surface area contributed by atoms with Crippen LogP contribution in [0.3, 0.4) is 0 Å². The van der Waals surface area contributed by atoms with E-state index in [0.717, 1.165) is 11.4 Å². The lowest BCUT2D eigenvalue weighted by atomic mass is 9.99. The standard InChI is InChI=1S/C16H19NO3/c1-11-9-14(18)12(16(2,3)19)10-17(11)13-7-5-6-8-15(13)20-4/h5-10,19H,1-4H3. The number of aliphatic hydroxyl groups is 1. The maximum atomic E-state index is 12.0. The van der Waals surface area contributed by atoms with Gasteiger partial charge in [0.05, 0.1) is 18.4 Å². The van der Waals surface area contributed by atoms with Crippen LogP contribution in [0.2, 0.25) is 0 Å². The van der Waals surface area contributed by atoms with E-state index in [1.54, 1.807) is 27.2 Å². The maximum absolute atomic E-state index is 12.0. The molecule has 0 atom stereocenters. The van der Waals surface area contributed by atoms with E-state index in [1.165, 1.54) is 6.07 Å². The van der Waals surface area contributed by atoms with Crippen LogP contribution in [0.1, 0.15) is 25.1 Å². The number of hydrogen-bond donors (Lipinski definition) is 1. The second-order valence-electron chi connectivity index (χ2n) is 5.29. The highest BCUT2D eigenvalue weighted by Gasteiger charge is 2.21. The molecule has 0 aliphatic carbocycles. The van der Waals surface area contributed by atoms with Crippen molar-refractivity contribution in [3.63, 3.8) is 0 Å². The van der Waals surface area contributed by atoms with Crippen LogP contribution in [0.4, 0.5) is 0 Å². The van der Waals surface area contributed by atoms with Gasteiger partial charge in [0.25, 0.3) is 0 Å². The fourth-order valence-corrected chi connectivity index (χ4v) is 2.18. The molecule has 0 spiro atoms. The molecule has 4 nitrogen and oxygen atoms in total. The van der Waals surface area contributed by atoms with Gasteiger partial charge in [-0.25, -0.2) is 0 Å². The number of rotatable bonds is 3. The summed E-state index contributed by atoms with van der Waals surface area (Å²) in [5, 5.41) is 10.1. The molecule has 0 saturated carbocycles. The van der Waals surface area contributed by atoms with Crippen molar-refractivity contribution < 1.29 is 9.84 Å². The fraction of sp³-hybridized carbons (Fsp3) is 0.312. The molecule has 0 amide bonds. The average Bonchev–Trinajstić information content (AvgIpc) is 2.37. The molecule has 20 heavy (non-hydrogen) atoms. The predicted octanol–water partition coefficient (Wildman–Crippen LogP) is 2.38. The van der Waals surface area contributed by atoms with E-state index in [-0.39, 0.29) is 5.43 Å². The van der Waals surface area contributed by atoms with Gasteiger partial charge in [0.1, 0.15) is 5.75 Å². The molecule has 0 unspecified atom stereocenters. The average molecular weight is 273 g/mol. The van der Waals surface area contributed by atoms with Gasteiger partial charge in [-0.15, -0.1) is 0 Å². The summed E-state index contributed by atoms with van der Waals surface area (Å²) in [6, 6.07) is 9.08. The van der Waals surface area contributed by atoms with Gasteiger partial charge in [0, 0.05) is 23.5 Å². The minimum Gasteiger partial charge on any atom is -0.495 e. The Hall–Kier alpha value is -2.07. The summed E-state index contributed by atoms with van der Waals surface area (Å²) < 4.78 is 7.20. The Kier molecular flexibility index (Phi) is 3.68. The quantitative estimate of drug-likeness (QED) is 0.934. The Labute approximate surface area is 118 Å². The SMILES string of the molecule is COc1ccccc1-n1cc(C(C)(C)O)c(=O)cc1C. The topological polar surface area (TPSA) is 51.5 Å². The van der Waals surface area contributed by atoms with E-state index in [9.17, 15) is 9.90 Å². The van der Waals surface area contributed by atoms with Gasteiger partial charge in [-0.2, -0.15) is 0 Å². The van der Waals surface area contributed by atoms with Crippen molar-refractivity contribution in [2.75, 3.05) is 7.11 Å². The molecule has 0 aliphatic heterocycles. The summed E-state index contributed by atoms with van der Waals surface area (Å²) >= 11 is 0. The highest BCUT2D eigenvalue weighted by molar-refractivity contribution is 5.48. The number of hydrogen-bond acceptors (Lipinski definition) is 3. The number of methoxy groups -OCH3 is 1. The lowest BCUT2D eigenvalue weighted by Crippen LogP contribution is -2.27. The maximum Gasteiger partial charge on any atom is 0.187 e. The molecular weight excluding hydrogens is 254 g/mol. The molecule has 0 fully saturated rings. The molecule has 0 bridgehead atoms. The third kappa shape index (κ3) is 2.60. The highest BCUT2D eigenvalue weighted by Crippen LogP contribution is 2.25. The number of ether oxygens (including phenoxy) is 1. The second kappa shape index (κ2) is 5.13. The lowest BCUT2D eigenvalue weighted by molar-refractivity contribution is 0.0769. The first-order chi connectivity index (χ1) is 9.34. The molecule has 1 N–H and O–H groups in total. The molecule has 2 rings (SSSR count). The summed E-state index contributed by atoms with van der Waals surface area (Å²) in [7, 11) is 1.60. The Morgan fingerprint density at radius 2 is 1.90 bits per heavy atom. The van der Waals surface area contributed by atoms with E-state index in [1.807, 2.05) is 35.8 Å². The smallest absolute Gasteiger partial charge is 0.187 e. The first-order valence-electron chi connectivity index (χ1n) is 6.44. The summed E-state index contributed by atoms with van der Waals surface area (Å²) in [6.07, 6.45) is 1.68. The third-order valence-electron chi connectivity index (χ3n) is 3.25. The number of pyridine rings is 1. The van der Waals surface area contributed by atoms with Crippen LogP contribution < -0.4 is 10.2 Å². The van der Waals surface area contributed by atoms with Crippen molar-refractivity contribution in [2.24, 2.45) is 0 Å². The van der Waals surface area contributed by atoms with E-state index in [2.05, 4.69) is 0 Å². The van der Waals surface area contributed by atoms with Crippen molar-refractivity contribution in [1.82, 2.24) is 4.57 Å². The van der Waals surface area contributed by atoms with Crippen molar-refractivity contribution in [3.05, 3.63) is 58.0 Å². The first-order valence-corrected chi connectivity index (χ1v) is 6.44. The van der Waals surface area contributed by atoms with Gasteiger partial charge in [-0.05, 0) is 32.9 Å². The molecule has 106 valence electrons. The summed E-state index contributed by atoms with van der Waals surface area (Å²) in [5.41, 5.74) is 0.620. The highest BCUT2D eigenvalue weighted by atomic mass is 16.5.